The van der Waals surface area contributed by atoms with Gasteiger partial charge in [-0.15, -0.1) is 0 Å². The summed E-state index contributed by atoms with van der Waals surface area (Å²) in [6.45, 7) is 7.78. The maximum atomic E-state index is 13.1. The fourth-order valence-corrected chi connectivity index (χ4v) is 4.45. The molecule has 0 fully saturated rings. The van der Waals surface area contributed by atoms with Crippen LogP contribution in [0.1, 0.15) is 49.4 Å². The molecule has 0 bridgehead atoms. The van der Waals surface area contributed by atoms with E-state index in [1.54, 1.807) is 12.1 Å². The topological polar surface area (TPSA) is 66.5 Å². The van der Waals surface area contributed by atoms with Gasteiger partial charge in [-0.25, -0.2) is 8.42 Å². The number of sulfonamides is 1. The Morgan fingerprint density at radius 2 is 1.43 bits per heavy atom. The summed E-state index contributed by atoms with van der Waals surface area (Å²) in [6, 6.07) is 14.2. The second kappa shape index (κ2) is 9.24. The van der Waals surface area contributed by atoms with Crippen LogP contribution >= 0.6 is 0 Å². The Morgan fingerprint density at radius 1 is 0.929 bits per heavy atom. The number of carbonyl (C=O) groups is 1. The van der Waals surface area contributed by atoms with Gasteiger partial charge in [0.05, 0.1) is 18.0 Å². The summed E-state index contributed by atoms with van der Waals surface area (Å²) in [7, 11) is -3.63. The molecule has 1 amide bonds. The number of rotatable bonds is 8. The van der Waals surface area contributed by atoms with E-state index in [1.807, 2.05) is 64.1 Å². The average Bonchev–Trinajstić information content (AvgIpc) is 2.64. The fraction of sp³-hybridized carbons (Fsp3) is 0.409. The minimum atomic E-state index is -3.63. The zero-order valence-electron chi connectivity index (χ0n) is 17.3. The van der Waals surface area contributed by atoms with E-state index < -0.39 is 16.1 Å². The van der Waals surface area contributed by atoms with Gasteiger partial charge in [-0.2, -0.15) is 0 Å². The number of hydrogen-bond acceptors (Lipinski definition) is 3. The van der Waals surface area contributed by atoms with Crippen LogP contribution in [0.4, 0.5) is 5.69 Å². The maximum Gasteiger partial charge on any atom is 0.244 e. The molecule has 0 unspecified atom stereocenters. The van der Waals surface area contributed by atoms with Crippen LogP contribution in [0.25, 0.3) is 0 Å². The first-order chi connectivity index (χ1) is 13.2. The van der Waals surface area contributed by atoms with E-state index in [-0.39, 0.29) is 11.9 Å². The molecular weight excluding hydrogens is 372 g/mol. The molecule has 0 spiro atoms. The molecule has 2 aromatic rings. The van der Waals surface area contributed by atoms with Crippen molar-refractivity contribution in [3.8, 4) is 0 Å². The Morgan fingerprint density at radius 3 is 1.86 bits per heavy atom. The highest BCUT2D eigenvalue weighted by atomic mass is 32.2. The van der Waals surface area contributed by atoms with Crippen molar-refractivity contribution in [1.82, 2.24) is 5.32 Å². The quantitative estimate of drug-likeness (QED) is 0.722. The summed E-state index contributed by atoms with van der Waals surface area (Å²) in [5.41, 5.74) is 3.69. The van der Waals surface area contributed by atoms with Crippen LogP contribution in [0.15, 0.2) is 48.5 Å². The molecule has 152 valence electrons. The van der Waals surface area contributed by atoms with Crippen LogP contribution in [0, 0.1) is 13.8 Å². The number of anilines is 1. The molecular formula is C22H30N2O3S. The van der Waals surface area contributed by atoms with E-state index in [9.17, 15) is 13.2 Å². The first-order valence-electron chi connectivity index (χ1n) is 9.60. The molecule has 0 heterocycles. The summed E-state index contributed by atoms with van der Waals surface area (Å²) < 4.78 is 26.3. The Hall–Kier alpha value is -2.34. The summed E-state index contributed by atoms with van der Waals surface area (Å²) >= 11 is 0. The number of nitrogens with one attached hydrogen (secondary N) is 1. The third kappa shape index (κ3) is 5.35. The molecule has 6 heteroatoms. The van der Waals surface area contributed by atoms with Crippen molar-refractivity contribution in [2.24, 2.45) is 0 Å². The number of carbonyl (C=O) groups excluding carboxylic acids is 1. The van der Waals surface area contributed by atoms with E-state index in [2.05, 4.69) is 5.32 Å². The van der Waals surface area contributed by atoms with Crippen LogP contribution in [0.5, 0.6) is 0 Å². The summed E-state index contributed by atoms with van der Waals surface area (Å²) in [6.07, 6.45) is 2.23. The van der Waals surface area contributed by atoms with Gasteiger partial charge in [0.15, 0.2) is 0 Å². The van der Waals surface area contributed by atoms with Crippen LogP contribution in [0.2, 0.25) is 0 Å². The van der Waals surface area contributed by atoms with Gasteiger partial charge in [0.25, 0.3) is 0 Å². The molecule has 28 heavy (non-hydrogen) atoms. The van der Waals surface area contributed by atoms with Crippen molar-refractivity contribution in [1.29, 1.82) is 0 Å². The highest BCUT2D eigenvalue weighted by molar-refractivity contribution is 7.92. The minimum absolute atomic E-state index is 0.165. The zero-order valence-corrected chi connectivity index (χ0v) is 18.1. The second-order valence-electron chi connectivity index (χ2n) is 7.20. The van der Waals surface area contributed by atoms with Crippen molar-refractivity contribution >= 4 is 21.6 Å². The largest absolute Gasteiger partial charge is 0.347 e. The predicted octanol–water partition coefficient (Wildman–Crippen LogP) is 4.12. The highest BCUT2D eigenvalue weighted by Gasteiger charge is 2.32. The maximum absolute atomic E-state index is 13.1. The van der Waals surface area contributed by atoms with Crippen molar-refractivity contribution in [2.75, 3.05) is 10.6 Å². The molecule has 0 aliphatic rings. The molecule has 0 aliphatic heterocycles. The third-order valence-electron chi connectivity index (χ3n) is 4.82. The van der Waals surface area contributed by atoms with Gasteiger partial charge in [0.1, 0.15) is 6.04 Å². The Labute approximate surface area is 168 Å². The Kier molecular flexibility index (Phi) is 7.24. The van der Waals surface area contributed by atoms with Gasteiger partial charge in [-0.05, 0) is 44.4 Å². The lowest BCUT2D eigenvalue weighted by molar-refractivity contribution is -0.123. The van der Waals surface area contributed by atoms with Crippen molar-refractivity contribution < 1.29 is 13.2 Å². The molecule has 1 N–H and O–H groups in total. The zero-order chi connectivity index (χ0) is 20.9. The number of hydrogen-bond donors (Lipinski definition) is 1. The molecule has 2 rings (SSSR count). The number of amides is 1. The monoisotopic (exact) mass is 402 g/mol. The van der Waals surface area contributed by atoms with E-state index in [4.69, 9.17) is 0 Å². The molecule has 2 aromatic carbocycles. The summed E-state index contributed by atoms with van der Waals surface area (Å²) in [5, 5.41) is 3.04. The normalized spacial score (nSPS) is 13.6. The van der Waals surface area contributed by atoms with Crippen LogP contribution in [-0.4, -0.2) is 26.6 Å². The van der Waals surface area contributed by atoms with Gasteiger partial charge >= 0.3 is 0 Å². The Balaban J connectivity index is 2.32. The van der Waals surface area contributed by atoms with Gasteiger partial charge in [0.2, 0.25) is 15.9 Å². The van der Waals surface area contributed by atoms with E-state index in [0.717, 1.165) is 22.9 Å². The Bertz CT molecular complexity index is 890. The van der Waals surface area contributed by atoms with Crippen molar-refractivity contribution in [2.45, 2.75) is 52.6 Å². The van der Waals surface area contributed by atoms with Crippen LogP contribution in [-0.2, 0) is 14.8 Å². The SMILES string of the molecule is CC[C@H](C(=O)N[C@H](CC)c1ccc(C)cc1)N(c1ccc(C)cc1)S(C)(=O)=O. The van der Waals surface area contributed by atoms with Gasteiger partial charge in [-0.3, -0.25) is 9.10 Å². The predicted molar refractivity (Wildman–Crippen MR) is 115 cm³/mol. The first kappa shape index (κ1) is 22.0. The number of benzene rings is 2. The highest BCUT2D eigenvalue weighted by Crippen LogP contribution is 2.24. The van der Waals surface area contributed by atoms with Crippen molar-refractivity contribution in [3.05, 3.63) is 65.2 Å². The van der Waals surface area contributed by atoms with E-state index in [0.29, 0.717) is 18.5 Å². The van der Waals surface area contributed by atoms with Gasteiger partial charge in [0, 0.05) is 0 Å². The molecule has 5 nitrogen and oxygen atoms in total. The average molecular weight is 403 g/mol. The van der Waals surface area contributed by atoms with Gasteiger partial charge in [-0.1, -0.05) is 61.4 Å². The van der Waals surface area contributed by atoms with Crippen LogP contribution < -0.4 is 9.62 Å². The molecule has 0 saturated heterocycles. The molecule has 0 saturated carbocycles. The molecule has 2 atom stereocenters. The summed E-state index contributed by atoms with van der Waals surface area (Å²) in [4.78, 5) is 13.1. The standard InChI is InChI=1S/C22H30N2O3S/c1-6-20(18-12-8-16(3)9-13-18)23-22(25)21(7-2)24(28(5,26)27)19-14-10-17(4)11-15-19/h8-15,20-21H,6-7H2,1-5H3,(H,23,25)/t20-,21-/m1/s1. The van der Waals surface area contributed by atoms with Gasteiger partial charge < -0.3 is 5.32 Å². The first-order valence-corrected chi connectivity index (χ1v) is 11.4. The smallest absolute Gasteiger partial charge is 0.244 e. The lowest BCUT2D eigenvalue weighted by atomic mass is 10.0. The molecule has 0 aromatic heterocycles. The lowest BCUT2D eigenvalue weighted by Crippen LogP contribution is -2.50. The van der Waals surface area contributed by atoms with E-state index in [1.165, 1.54) is 4.31 Å². The second-order valence-corrected chi connectivity index (χ2v) is 9.06. The minimum Gasteiger partial charge on any atom is -0.347 e. The summed E-state index contributed by atoms with van der Waals surface area (Å²) in [5.74, 6) is -0.291. The lowest BCUT2D eigenvalue weighted by Gasteiger charge is -2.31. The van der Waals surface area contributed by atoms with Crippen molar-refractivity contribution in [3.63, 3.8) is 0 Å². The fourth-order valence-electron chi connectivity index (χ4n) is 3.24. The van der Waals surface area contributed by atoms with E-state index >= 15 is 0 Å². The molecule has 0 radical (unpaired) electrons. The molecule has 0 aliphatic carbocycles. The number of nitrogens with zero attached hydrogens (tertiary/aromatic N) is 1. The number of aryl methyl sites for hydroxylation is 2. The third-order valence-corrected chi connectivity index (χ3v) is 6.00. The van der Waals surface area contributed by atoms with Crippen LogP contribution in [0.3, 0.4) is 0 Å².